The van der Waals surface area contributed by atoms with Crippen LogP contribution in [0.1, 0.15) is 41.5 Å². The first-order valence-electron chi connectivity index (χ1n) is 9.14. The molecule has 0 aliphatic carbocycles. The lowest BCUT2D eigenvalue weighted by atomic mass is 10.0. The number of anilines is 1. The first-order chi connectivity index (χ1) is 12.8. The zero-order valence-corrected chi connectivity index (χ0v) is 18.3. The van der Waals surface area contributed by atoms with Crippen molar-refractivity contribution in [3.8, 4) is 0 Å². The van der Waals surface area contributed by atoms with Crippen LogP contribution in [0.4, 0.5) is 10.5 Å². The van der Waals surface area contributed by atoms with Gasteiger partial charge in [0.25, 0.3) is 0 Å². The van der Waals surface area contributed by atoms with Crippen LogP contribution in [0.15, 0.2) is 24.3 Å². The van der Waals surface area contributed by atoms with Crippen molar-refractivity contribution >= 4 is 35.2 Å². The molecule has 1 unspecified atom stereocenters. The minimum Gasteiger partial charge on any atom is -0.444 e. The van der Waals surface area contributed by atoms with Gasteiger partial charge in [-0.3, -0.25) is 14.9 Å². The Hall–Kier alpha value is -2.28. The lowest BCUT2D eigenvalue weighted by Gasteiger charge is -2.28. The quantitative estimate of drug-likeness (QED) is 0.749. The number of likely N-dealkylation sites (N-methyl/N-ethyl adjacent to an activating group) is 1. The minimum atomic E-state index is -0.896. The molecule has 8 heteroatoms. The zero-order chi connectivity index (χ0) is 21.6. The van der Waals surface area contributed by atoms with Crippen molar-refractivity contribution in [2.75, 3.05) is 11.9 Å². The number of imide groups is 1. The Bertz CT molecular complexity index is 698. The molecule has 0 spiro atoms. The predicted octanol–water partition coefficient (Wildman–Crippen LogP) is 3.36. The Morgan fingerprint density at radius 3 is 2.04 bits per heavy atom. The van der Waals surface area contributed by atoms with Gasteiger partial charge in [0.15, 0.2) is 0 Å². The molecule has 0 radical (unpaired) electrons. The average Bonchev–Trinajstić information content (AvgIpc) is 2.57. The molecule has 0 aromatic heterocycles. The molecule has 1 aromatic carbocycles. The van der Waals surface area contributed by atoms with Crippen molar-refractivity contribution in [3.63, 3.8) is 0 Å². The standard InChI is InChI=1S/C20H30ClN3O4/c1-12(2)16(22-19(27)28-20(4,5)6)18(26)23-17(25)13(3)24(7)15-10-8-14(21)9-11-15/h8-13,16H,1-7H3,(H,22,27)(H,23,25,26)/t13?,16-/m0/s1. The third-order valence-corrected chi connectivity index (χ3v) is 4.31. The van der Waals surface area contributed by atoms with Gasteiger partial charge < -0.3 is 15.0 Å². The van der Waals surface area contributed by atoms with Gasteiger partial charge in [-0.2, -0.15) is 0 Å². The number of alkyl carbamates (subject to hydrolysis) is 1. The molecule has 0 fully saturated rings. The van der Waals surface area contributed by atoms with Crippen molar-refractivity contribution in [1.29, 1.82) is 0 Å². The summed E-state index contributed by atoms with van der Waals surface area (Å²) in [6.45, 7) is 10.4. The Kier molecular flexibility index (Phi) is 8.29. The third kappa shape index (κ3) is 7.38. The Labute approximate surface area is 171 Å². The molecule has 2 atom stereocenters. The van der Waals surface area contributed by atoms with Gasteiger partial charge in [-0.15, -0.1) is 0 Å². The van der Waals surface area contributed by atoms with Gasteiger partial charge in [0.1, 0.15) is 17.7 Å². The van der Waals surface area contributed by atoms with E-state index in [-0.39, 0.29) is 5.92 Å². The molecule has 0 bridgehead atoms. The second kappa shape index (κ2) is 9.78. The highest BCUT2D eigenvalue weighted by atomic mass is 35.5. The van der Waals surface area contributed by atoms with Gasteiger partial charge in [0, 0.05) is 17.8 Å². The average molecular weight is 412 g/mol. The summed E-state index contributed by atoms with van der Waals surface area (Å²) in [6, 6.07) is 5.52. The molecule has 1 aromatic rings. The van der Waals surface area contributed by atoms with Crippen molar-refractivity contribution in [3.05, 3.63) is 29.3 Å². The van der Waals surface area contributed by atoms with Crippen LogP contribution in [-0.4, -0.2) is 42.6 Å². The summed E-state index contributed by atoms with van der Waals surface area (Å²) in [4.78, 5) is 38.8. The smallest absolute Gasteiger partial charge is 0.408 e. The van der Waals surface area contributed by atoms with E-state index < -0.39 is 35.6 Å². The number of rotatable bonds is 6. The fraction of sp³-hybridized carbons (Fsp3) is 0.550. The number of nitrogens with one attached hydrogen (secondary N) is 2. The predicted molar refractivity (Wildman–Crippen MR) is 110 cm³/mol. The molecule has 156 valence electrons. The topological polar surface area (TPSA) is 87.7 Å². The van der Waals surface area contributed by atoms with Gasteiger partial charge in [0.05, 0.1) is 0 Å². The molecular formula is C20H30ClN3O4. The first-order valence-corrected chi connectivity index (χ1v) is 9.52. The first kappa shape index (κ1) is 23.8. The van der Waals surface area contributed by atoms with E-state index in [0.29, 0.717) is 5.02 Å². The van der Waals surface area contributed by atoms with E-state index in [0.717, 1.165) is 5.69 Å². The normalized spacial score (nSPS) is 13.5. The number of benzene rings is 1. The Morgan fingerprint density at radius 2 is 1.57 bits per heavy atom. The second-order valence-corrected chi connectivity index (χ2v) is 8.42. The minimum absolute atomic E-state index is 0.232. The van der Waals surface area contributed by atoms with Crippen LogP contribution >= 0.6 is 11.6 Å². The highest BCUT2D eigenvalue weighted by Crippen LogP contribution is 2.18. The van der Waals surface area contributed by atoms with Crippen LogP contribution in [0.2, 0.25) is 5.02 Å². The molecule has 2 N–H and O–H groups in total. The molecule has 3 amide bonds. The van der Waals surface area contributed by atoms with E-state index in [1.165, 1.54) is 0 Å². The van der Waals surface area contributed by atoms with Gasteiger partial charge in [0.2, 0.25) is 11.8 Å². The van der Waals surface area contributed by atoms with E-state index in [4.69, 9.17) is 16.3 Å². The molecule has 0 aliphatic heterocycles. The lowest BCUT2D eigenvalue weighted by Crippen LogP contribution is -2.55. The SMILES string of the molecule is CC(C)[C@H](NC(=O)OC(C)(C)C)C(=O)NC(=O)C(C)N(C)c1ccc(Cl)cc1. The molecule has 0 saturated heterocycles. The molecule has 28 heavy (non-hydrogen) atoms. The summed E-state index contributed by atoms with van der Waals surface area (Å²) >= 11 is 5.89. The molecule has 0 aliphatic rings. The van der Waals surface area contributed by atoms with Crippen LogP contribution in [0.25, 0.3) is 0 Å². The van der Waals surface area contributed by atoms with Crippen molar-refractivity contribution < 1.29 is 19.1 Å². The molecule has 1 rings (SSSR count). The van der Waals surface area contributed by atoms with E-state index in [1.54, 1.807) is 77.8 Å². The summed E-state index contributed by atoms with van der Waals surface area (Å²) in [7, 11) is 1.75. The molecule has 7 nitrogen and oxygen atoms in total. The van der Waals surface area contributed by atoms with Crippen LogP contribution in [-0.2, 0) is 14.3 Å². The highest BCUT2D eigenvalue weighted by molar-refractivity contribution is 6.30. The highest BCUT2D eigenvalue weighted by Gasteiger charge is 2.29. The summed E-state index contributed by atoms with van der Waals surface area (Å²) in [6.07, 6.45) is -0.708. The third-order valence-electron chi connectivity index (χ3n) is 4.06. The summed E-state index contributed by atoms with van der Waals surface area (Å²) in [5, 5.41) is 5.50. The number of carbonyl (C=O) groups excluding carboxylic acids is 3. The van der Waals surface area contributed by atoms with Gasteiger partial charge >= 0.3 is 6.09 Å². The number of hydrogen-bond acceptors (Lipinski definition) is 5. The Balaban J connectivity index is 2.76. The maximum absolute atomic E-state index is 12.6. The second-order valence-electron chi connectivity index (χ2n) is 7.98. The molecule has 0 saturated carbocycles. The van der Waals surface area contributed by atoms with E-state index in [2.05, 4.69) is 10.6 Å². The lowest BCUT2D eigenvalue weighted by molar-refractivity contribution is -0.132. The number of ether oxygens (including phenoxy) is 1. The van der Waals surface area contributed by atoms with E-state index in [1.807, 2.05) is 0 Å². The number of nitrogens with zero attached hydrogens (tertiary/aromatic N) is 1. The number of hydrogen-bond donors (Lipinski definition) is 2. The zero-order valence-electron chi connectivity index (χ0n) is 17.5. The molecule has 0 heterocycles. The number of amides is 3. The maximum Gasteiger partial charge on any atom is 0.408 e. The monoisotopic (exact) mass is 411 g/mol. The van der Waals surface area contributed by atoms with E-state index >= 15 is 0 Å². The summed E-state index contributed by atoms with van der Waals surface area (Å²) < 4.78 is 5.19. The van der Waals surface area contributed by atoms with Gasteiger partial charge in [-0.25, -0.2) is 4.79 Å². The van der Waals surface area contributed by atoms with Crippen LogP contribution in [0, 0.1) is 5.92 Å². The van der Waals surface area contributed by atoms with E-state index in [9.17, 15) is 14.4 Å². The fourth-order valence-corrected chi connectivity index (χ4v) is 2.47. The summed E-state index contributed by atoms with van der Waals surface area (Å²) in [5.74, 6) is -1.29. The van der Waals surface area contributed by atoms with Crippen LogP contribution < -0.4 is 15.5 Å². The van der Waals surface area contributed by atoms with Crippen LogP contribution in [0.5, 0.6) is 0 Å². The van der Waals surface area contributed by atoms with Gasteiger partial charge in [-0.1, -0.05) is 25.4 Å². The van der Waals surface area contributed by atoms with Crippen molar-refractivity contribution in [2.45, 2.75) is 59.2 Å². The largest absolute Gasteiger partial charge is 0.444 e. The number of carbonyl (C=O) groups is 3. The van der Waals surface area contributed by atoms with Crippen molar-refractivity contribution in [2.24, 2.45) is 5.92 Å². The van der Waals surface area contributed by atoms with Gasteiger partial charge in [-0.05, 0) is 57.9 Å². The van der Waals surface area contributed by atoms with Crippen molar-refractivity contribution in [1.82, 2.24) is 10.6 Å². The number of halogens is 1. The maximum atomic E-state index is 12.6. The molecular weight excluding hydrogens is 382 g/mol. The fourth-order valence-electron chi connectivity index (χ4n) is 2.35. The Morgan fingerprint density at radius 1 is 1.04 bits per heavy atom. The van der Waals surface area contributed by atoms with Crippen LogP contribution in [0.3, 0.4) is 0 Å². The summed E-state index contributed by atoms with van der Waals surface area (Å²) in [5.41, 5.74) is 0.0973.